The minimum absolute atomic E-state index is 0.0918. The Morgan fingerprint density at radius 2 is 2.50 bits per heavy atom. The second-order valence-corrected chi connectivity index (χ2v) is 2.23. The van der Waals surface area contributed by atoms with Gasteiger partial charge in [0.1, 0.15) is 5.52 Å². The number of hydrogen-bond donors (Lipinski definition) is 2. The fraction of sp³-hybridized carbons (Fsp3) is 0.167. The van der Waals surface area contributed by atoms with E-state index in [1.165, 1.54) is 6.33 Å². The molecule has 0 aliphatic carbocycles. The van der Waals surface area contributed by atoms with E-state index < -0.39 is 18.2 Å². The molecule has 0 aromatic carbocycles. The summed E-state index contributed by atoms with van der Waals surface area (Å²) in [6.07, 6.45) is 1.26. The monoisotopic (exact) mass is 168 g/mol. The summed E-state index contributed by atoms with van der Waals surface area (Å²) in [4.78, 5) is 31.2. The summed E-state index contributed by atoms with van der Waals surface area (Å²) in [6, 6.07) is 0. The summed E-state index contributed by atoms with van der Waals surface area (Å²) in [5.74, 6) is 0. The Morgan fingerprint density at radius 3 is 3.25 bits per heavy atom. The number of nitrogens with zero attached hydrogens (tertiary/aromatic N) is 2. The van der Waals surface area contributed by atoms with Gasteiger partial charge in [0.25, 0.3) is 5.56 Å². The smallest absolute Gasteiger partial charge is 0.329 e. The minimum atomic E-state index is -1.67. The first-order valence-corrected chi connectivity index (χ1v) is 3.13. The third-order valence-corrected chi connectivity index (χ3v) is 1.52. The van der Waals surface area contributed by atoms with Crippen LogP contribution in [0, 0.1) is 0 Å². The summed E-state index contributed by atoms with van der Waals surface area (Å²) in [5, 5.41) is 0. The average molecular weight is 168 g/mol. The fourth-order valence-corrected chi connectivity index (χ4v) is 0.926. The van der Waals surface area contributed by atoms with E-state index in [1.54, 1.807) is 0 Å². The van der Waals surface area contributed by atoms with Crippen LogP contribution in [-0.2, 0) is 7.00 Å². The molecule has 0 unspecified atom stereocenters. The third kappa shape index (κ3) is 0.714. The van der Waals surface area contributed by atoms with Gasteiger partial charge in [-0.15, -0.1) is 0 Å². The Labute approximate surface area is 68.7 Å². The highest BCUT2D eigenvalue weighted by atomic mass is 16.2. The summed E-state index contributed by atoms with van der Waals surface area (Å²) < 4.78 is 14.5. The molecule has 2 N–H and O–H groups in total. The molecule has 0 radical (unpaired) electrons. The number of nitrogens with one attached hydrogen (secondary N) is 2. The second kappa shape index (κ2) is 2.07. The zero-order valence-electron chi connectivity index (χ0n) is 7.87. The summed E-state index contributed by atoms with van der Waals surface area (Å²) in [5.41, 5.74) is -1.29. The van der Waals surface area contributed by atoms with Crippen LogP contribution in [0.3, 0.4) is 0 Å². The lowest BCUT2D eigenvalue weighted by Gasteiger charge is -1.93. The van der Waals surface area contributed by atoms with E-state index in [9.17, 15) is 9.59 Å². The molecule has 2 rings (SSSR count). The fourth-order valence-electron chi connectivity index (χ4n) is 0.926. The molecule has 62 valence electrons. The van der Waals surface area contributed by atoms with E-state index in [2.05, 4.69) is 15.0 Å². The highest BCUT2D eigenvalue weighted by Crippen LogP contribution is 1.93. The maximum atomic E-state index is 11.5. The number of rotatable bonds is 0. The molecule has 12 heavy (non-hydrogen) atoms. The zero-order chi connectivity index (χ0) is 10.3. The van der Waals surface area contributed by atoms with E-state index in [1.807, 2.05) is 0 Å². The van der Waals surface area contributed by atoms with Crippen molar-refractivity contribution in [2.24, 2.45) is 7.00 Å². The second-order valence-electron chi connectivity index (χ2n) is 2.23. The van der Waals surface area contributed by atoms with Crippen LogP contribution in [0.25, 0.3) is 11.2 Å². The molecule has 2 aromatic rings. The van der Waals surface area contributed by atoms with E-state index in [4.69, 9.17) is 2.74 Å². The topological polar surface area (TPSA) is 83.5 Å². The van der Waals surface area contributed by atoms with E-state index in [0.29, 0.717) is 4.57 Å². The molecule has 2 aromatic heterocycles. The van der Waals surface area contributed by atoms with Crippen LogP contribution in [0.4, 0.5) is 0 Å². The number of hydrogen-bond acceptors (Lipinski definition) is 3. The number of imidazole rings is 1. The molecule has 0 aliphatic rings. The predicted octanol–water partition coefficient (Wildman–Crippen LogP) is -1.05. The largest absolute Gasteiger partial charge is 0.339 e. The molecule has 6 nitrogen and oxygen atoms in total. The maximum absolute atomic E-state index is 11.5. The van der Waals surface area contributed by atoms with Gasteiger partial charge in [-0.3, -0.25) is 14.3 Å². The lowest BCUT2D eigenvalue weighted by Crippen LogP contribution is -2.32. The van der Waals surface area contributed by atoms with Crippen molar-refractivity contribution < 1.29 is 2.74 Å². The van der Waals surface area contributed by atoms with Crippen LogP contribution in [0.1, 0.15) is 2.74 Å². The highest BCUT2D eigenvalue weighted by molar-refractivity contribution is 5.67. The molecule has 6 heteroatoms. The molecule has 0 fully saturated rings. The van der Waals surface area contributed by atoms with Gasteiger partial charge < -0.3 is 4.98 Å². The van der Waals surface area contributed by atoms with E-state index in [-0.39, 0.29) is 11.2 Å². The van der Waals surface area contributed by atoms with Gasteiger partial charge >= 0.3 is 5.69 Å². The molecule has 0 amide bonds. The first-order chi connectivity index (χ1) is 6.61. The number of fused-ring (bicyclic) bond motifs is 1. The van der Waals surface area contributed by atoms with Gasteiger partial charge in [0, 0.05) is 9.74 Å². The van der Waals surface area contributed by atoms with Crippen molar-refractivity contribution in [2.75, 3.05) is 0 Å². The molecule has 0 aliphatic heterocycles. The quantitative estimate of drug-likeness (QED) is 0.526. The number of aromatic amines is 2. The maximum Gasteiger partial charge on any atom is 0.329 e. The molecular formula is C6H6N4O2. The van der Waals surface area contributed by atoms with Crippen LogP contribution in [0.2, 0.25) is 0 Å². The van der Waals surface area contributed by atoms with Crippen LogP contribution in [-0.4, -0.2) is 19.5 Å². The van der Waals surface area contributed by atoms with Crippen molar-refractivity contribution in [1.82, 2.24) is 19.5 Å². The van der Waals surface area contributed by atoms with Crippen molar-refractivity contribution in [3.8, 4) is 0 Å². The highest BCUT2D eigenvalue weighted by Gasteiger charge is 2.04. The lowest BCUT2D eigenvalue weighted by atomic mass is 10.5. The Balaban J connectivity index is 2.97. The van der Waals surface area contributed by atoms with Gasteiger partial charge in [0.2, 0.25) is 0 Å². The molecule has 0 saturated heterocycles. The number of aromatic nitrogens is 4. The predicted molar refractivity (Wildman–Crippen MR) is 42.0 cm³/mol. The van der Waals surface area contributed by atoms with Crippen molar-refractivity contribution in [2.45, 2.75) is 0 Å². The molecule has 0 atom stereocenters. The average Bonchev–Trinajstić information content (AvgIpc) is 2.50. The molecule has 2 heterocycles. The Morgan fingerprint density at radius 1 is 1.67 bits per heavy atom. The van der Waals surface area contributed by atoms with Gasteiger partial charge in [-0.25, -0.2) is 9.78 Å². The van der Waals surface area contributed by atoms with Crippen LogP contribution in [0.5, 0.6) is 0 Å². The van der Waals surface area contributed by atoms with Crippen LogP contribution >= 0.6 is 0 Å². The van der Waals surface area contributed by atoms with Gasteiger partial charge in [-0.05, 0) is 0 Å². The van der Waals surface area contributed by atoms with Crippen molar-refractivity contribution in [3.63, 3.8) is 0 Å². The first kappa shape index (κ1) is 4.91. The van der Waals surface area contributed by atoms with Crippen molar-refractivity contribution in [1.29, 1.82) is 0 Å². The van der Waals surface area contributed by atoms with Crippen LogP contribution in [0.15, 0.2) is 15.9 Å². The molecule has 0 saturated carbocycles. The summed E-state index contributed by atoms with van der Waals surface area (Å²) >= 11 is 0. The lowest BCUT2D eigenvalue weighted by molar-refractivity contribution is 0.790. The van der Waals surface area contributed by atoms with Crippen molar-refractivity contribution >= 4 is 11.2 Å². The minimum Gasteiger partial charge on any atom is -0.339 e. The van der Waals surface area contributed by atoms with Crippen molar-refractivity contribution in [3.05, 3.63) is 27.2 Å². The Bertz CT molecular complexity index is 581. The standard InChI is InChI=1S/C6H6N4O2/c1-10-5(11)3-4(8-2-7-3)9-6(10)12/h2H,1H3,(H,7,8)(H,9,12)/i1D2. The third-order valence-electron chi connectivity index (χ3n) is 1.52. The Kier molecular flexibility index (Phi) is 0.846. The van der Waals surface area contributed by atoms with Gasteiger partial charge in [0.05, 0.1) is 6.33 Å². The van der Waals surface area contributed by atoms with Crippen LogP contribution < -0.4 is 11.2 Å². The number of H-pyrrole nitrogens is 2. The summed E-state index contributed by atoms with van der Waals surface area (Å²) in [6.45, 7) is -1.67. The summed E-state index contributed by atoms with van der Waals surface area (Å²) in [7, 11) is 0. The molecule has 0 spiro atoms. The van der Waals surface area contributed by atoms with E-state index >= 15 is 0 Å². The van der Waals surface area contributed by atoms with Gasteiger partial charge in [0.15, 0.2) is 5.65 Å². The van der Waals surface area contributed by atoms with E-state index in [0.717, 1.165) is 0 Å². The SMILES string of the molecule is [2H]C([2H])n1c(=O)[nH]c2nc[nH]c2c1=O. The zero-order valence-corrected chi connectivity index (χ0v) is 5.87. The van der Waals surface area contributed by atoms with Gasteiger partial charge in [-0.2, -0.15) is 0 Å². The normalized spacial score (nSPS) is 13.4. The molecular weight excluding hydrogens is 160 g/mol. The Hall–Kier alpha value is -1.85. The van der Waals surface area contributed by atoms with Gasteiger partial charge in [-0.1, -0.05) is 0 Å². The first-order valence-electron chi connectivity index (χ1n) is 4.29. The molecule has 0 bridgehead atoms.